The lowest BCUT2D eigenvalue weighted by atomic mass is 9.52. The quantitative estimate of drug-likeness (QED) is 0.450. The molecule has 0 aliphatic heterocycles. The second-order valence-electron chi connectivity index (χ2n) is 2.35. The minimum absolute atomic E-state index is 0.148. The van der Waals surface area contributed by atoms with Crippen molar-refractivity contribution in [3.8, 4) is 0 Å². The van der Waals surface area contributed by atoms with Crippen molar-refractivity contribution in [1.29, 1.82) is 0 Å². The van der Waals surface area contributed by atoms with Crippen LogP contribution < -0.4 is 5.73 Å². The van der Waals surface area contributed by atoms with Crippen LogP contribution in [0.2, 0.25) is 0 Å². The molecule has 3 rings (SSSR count). The van der Waals surface area contributed by atoms with E-state index in [1.807, 2.05) is 0 Å². The molecule has 2 bridgehead atoms. The highest BCUT2D eigenvalue weighted by molar-refractivity contribution is 5.04. The molecule has 0 radical (unpaired) electrons. The van der Waals surface area contributed by atoms with E-state index in [2.05, 4.69) is 0 Å². The van der Waals surface area contributed by atoms with E-state index in [-0.39, 0.29) is 11.9 Å². The molecule has 0 heterocycles. The first-order valence-corrected chi connectivity index (χ1v) is 2.48. The molecule has 2 N–H and O–H groups in total. The third-order valence-corrected chi connectivity index (χ3v) is 2.03. The van der Waals surface area contributed by atoms with E-state index in [0.717, 1.165) is 18.8 Å². The molecule has 0 aromatic carbocycles. The van der Waals surface area contributed by atoms with Crippen molar-refractivity contribution in [3.63, 3.8) is 0 Å². The van der Waals surface area contributed by atoms with Crippen LogP contribution in [0.1, 0.15) is 14.2 Å². The van der Waals surface area contributed by atoms with Crippen LogP contribution in [0, 0.1) is 11.8 Å². The Kier molecular flexibility index (Phi) is 0.250. The summed E-state index contributed by atoms with van der Waals surface area (Å²) in [6.07, 6.45) is 2.16. The van der Waals surface area contributed by atoms with Crippen molar-refractivity contribution in [2.24, 2.45) is 17.5 Å². The van der Waals surface area contributed by atoms with Gasteiger partial charge in [0.1, 0.15) is 0 Å². The van der Waals surface area contributed by atoms with Crippen LogP contribution >= 0.6 is 0 Å². The average Bonchev–Trinajstić information content (AvgIpc) is 1.62. The minimum Gasteiger partial charge on any atom is -0.327 e. The van der Waals surface area contributed by atoms with Crippen LogP contribution in [-0.2, 0) is 0 Å². The molecule has 0 aromatic heterocycles. The number of nitrogens with two attached hydrogens (primary N) is 1. The van der Waals surface area contributed by atoms with Crippen LogP contribution in [-0.4, -0.2) is 6.04 Å². The highest BCUT2D eigenvalue weighted by atomic mass is 14.8. The average molecular weight is 84.1 g/mol. The molecule has 3 aliphatic carbocycles. The second kappa shape index (κ2) is 0.648. The topological polar surface area (TPSA) is 26.0 Å². The Labute approximate surface area is 38.9 Å². The van der Waals surface area contributed by atoms with Gasteiger partial charge in [-0.15, -0.1) is 0 Å². The van der Waals surface area contributed by atoms with Gasteiger partial charge >= 0.3 is 0 Å². The predicted molar refractivity (Wildman–Crippen MR) is 24.2 cm³/mol. The lowest BCUT2D eigenvalue weighted by molar-refractivity contribution is -0.0171. The number of hydrogen-bond acceptors (Lipinski definition) is 1. The van der Waals surface area contributed by atoms with E-state index in [0.29, 0.717) is 0 Å². The van der Waals surface area contributed by atoms with Gasteiger partial charge in [0.2, 0.25) is 0 Å². The third-order valence-electron chi connectivity index (χ3n) is 2.03. The molecule has 1 atom stereocenters. The van der Waals surface area contributed by atoms with Crippen molar-refractivity contribution >= 4 is 0 Å². The number of rotatable bonds is 0. The summed E-state index contributed by atoms with van der Waals surface area (Å²) in [5, 5.41) is 0. The van der Waals surface area contributed by atoms with Gasteiger partial charge in [0.15, 0.2) is 0 Å². The fraction of sp³-hybridized carbons (Fsp3) is 1.00. The molecule has 0 saturated heterocycles. The lowest BCUT2D eigenvalue weighted by Gasteiger charge is -2.56. The van der Waals surface area contributed by atoms with Crippen LogP contribution in [0.4, 0.5) is 0 Å². The highest BCUT2D eigenvalue weighted by Crippen LogP contribution is 2.51. The predicted octanol–water partition coefficient (Wildman–Crippen LogP) is 0.354. The molecule has 34 valence electrons. The molecule has 0 amide bonds. The first-order valence-electron chi connectivity index (χ1n) is 2.98. The van der Waals surface area contributed by atoms with Crippen molar-refractivity contribution in [3.05, 3.63) is 0 Å². The van der Waals surface area contributed by atoms with E-state index in [1.54, 1.807) is 0 Å². The molecule has 3 fully saturated rings. The standard InChI is InChI=1S/C5H9N/c6-5-3-1-4(5)2-3/h3-5H,1-2,6H2/i3D. The maximum Gasteiger partial charge on any atom is 0.0319 e. The van der Waals surface area contributed by atoms with Crippen LogP contribution in [0.15, 0.2) is 0 Å². The zero-order valence-corrected chi connectivity index (χ0v) is 3.65. The van der Waals surface area contributed by atoms with Gasteiger partial charge in [-0.2, -0.15) is 0 Å². The van der Waals surface area contributed by atoms with Gasteiger partial charge in [-0.3, -0.25) is 0 Å². The second-order valence-corrected chi connectivity index (χ2v) is 2.35. The molecule has 3 saturated carbocycles. The summed E-state index contributed by atoms with van der Waals surface area (Å²) < 4.78 is 7.41. The van der Waals surface area contributed by atoms with E-state index in [4.69, 9.17) is 7.10 Å². The van der Waals surface area contributed by atoms with Gasteiger partial charge in [0.25, 0.3) is 0 Å². The van der Waals surface area contributed by atoms with Gasteiger partial charge in [-0.1, -0.05) is 0 Å². The van der Waals surface area contributed by atoms with Gasteiger partial charge in [0.05, 0.1) is 0 Å². The van der Waals surface area contributed by atoms with E-state index in [9.17, 15) is 0 Å². The van der Waals surface area contributed by atoms with Crippen LogP contribution in [0.5, 0.6) is 0 Å². The molecule has 1 heteroatoms. The summed E-state index contributed by atoms with van der Waals surface area (Å²) in [4.78, 5) is 0. The first-order chi connectivity index (χ1) is 3.22. The van der Waals surface area contributed by atoms with E-state index < -0.39 is 0 Å². The normalized spacial score (nSPS) is 77.2. The van der Waals surface area contributed by atoms with Crippen LogP contribution in [0.25, 0.3) is 0 Å². The Hall–Kier alpha value is -0.0400. The smallest absolute Gasteiger partial charge is 0.0319 e. The summed E-state index contributed by atoms with van der Waals surface area (Å²) >= 11 is 0. The zero-order chi connectivity index (χ0) is 5.07. The third kappa shape index (κ3) is 0.136. The van der Waals surface area contributed by atoms with Crippen molar-refractivity contribution in [2.45, 2.75) is 18.9 Å². The van der Waals surface area contributed by atoms with Crippen molar-refractivity contribution < 1.29 is 1.37 Å². The number of hydrogen-bond donors (Lipinski definition) is 1. The molecule has 0 aromatic rings. The molecule has 1 unspecified atom stereocenters. The van der Waals surface area contributed by atoms with Gasteiger partial charge < -0.3 is 5.73 Å². The van der Waals surface area contributed by atoms with Gasteiger partial charge in [-0.25, -0.2) is 0 Å². The van der Waals surface area contributed by atoms with E-state index >= 15 is 0 Å². The van der Waals surface area contributed by atoms with Gasteiger partial charge in [0, 0.05) is 7.41 Å². The Morgan fingerprint density at radius 3 is 2.17 bits per heavy atom. The monoisotopic (exact) mass is 84.1 g/mol. The molecule has 1 nitrogen and oxygen atoms in total. The maximum absolute atomic E-state index is 7.41. The summed E-state index contributed by atoms with van der Waals surface area (Å²) in [6, 6.07) is 0.243. The van der Waals surface area contributed by atoms with E-state index in [1.165, 1.54) is 0 Å². The molecular weight excluding hydrogens is 74.1 g/mol. The van der Waals surface area contributed by atoms with Crippen molar-refractivity contribution in [1.82, 2.24) is 0 Å². The Bertz CT molecular complexity index is 107. The molecular formula is C5H9N. The Morgan fingerprint density at radius 1 is 1.67 bits per heavy atom. The maximum atomic E-state index is 7.41. The minimum atomic E-state index is -0.148. The fourth-order valence-electron chi connectivity index (χ4n) is 1.15. The SMILES string of the molecule is [2H]C12CC(C1)C2N. The summed E-state index contributed by atoms with van der Waals surface area (Å²) in [5.74, 6) is 0.586. The van der Waals surface area contributed by atoms with Crippen LogP contribution in [0.3, 0.4) is 0 Å². The zero-order valence-electron chi connectivity index (χ0n) is 4.65. The Morgan fingerprint density at radius 2 is 2.17 bits per heavy atom. The summed E-state index contributed by atoms with van der Waals surface area (Å²) in [5.41, 5.74) is 5.52. The van der Waals surface area contributed by atoms with Gasteiger partial charge in [-0.05, 0) is 24.7 Å². The summed E-state index contributed by atoms with van der Waals surface area (Å²) in [6.45, 7) is 0. The van der Waals surface area contributed by atoms with Crippen molar-refractivity contribution in [2.75, 3.05) is 0 Å². The highest BCUT2D eigenvalue weighted by Gasteiger charge is 2.49. The fourth-order valence-corrected chi connectivity index (χ4v) is 1.15. The largest absolute Gasteiger partial charge is 0.327 e. The Balaban J connectivity index is 2.17. The molecule has 3 aliphatic rings. The summed E-state index contributed by atoms with van der Waals surface area (Å²) in [7, 11) is 0. The molecule has 6 heavy (non-hydrogen) atoms. The molecule has 0 spiro atoms. The lowest BCUT2D eigenvalue weighted by Crippen LogP contribution is -2.60. The first kappa shape index (κ1) is 2.31.